The van der Waals surface area contributed by atoms with Gasteiger partial charge in [0.1, 0.15) is 11.3 Å². The molecule has 0 fully saturated rings. The number of carbonyl (C=O) groups is 1. The predicted molar refractivity (Wildman–Crippen MR) is 106 cm³/mol. The van der Waals surface area contributed by atoms with Crippen molar-refractivity contribution in [3.8, 4) is 5.75 Å². The number of hydrogen-bond acceptors (Lipinski definition) is 3. The standard InChI is InChI=1S/C22H34O4/c1-2-3-4-5-6-10-15-19(23)16-11-8-7-9-13-18-14-12-17-20(24)21(18)22(25)26/h10,12,14-15,17,19,23-24H,2-9,11,13,16H2,1H3,(H,25,26)/b15-10+. The van der Waals surface area contributed by atoms with E-state index in [9.17, 15) is 20.1 Å². The summed E-state index contributed by atoms with van der Waals surface area (Å²) >= 11 is 0. The van der Waals surface area contributed by atoms with Crippen molar-refractivity contribution in [2.24, 2.45) is 0 Å². The number of aliphatic hydroxyl groups is 1. The van der Waals surface area contributed by atoms with Crippen LogP contribution in [-0.4, -0.2) is 27.4 Å². The maximum Gasteiger partial charge on any atom is 0.339 e. The van der Waals surface area contributed by atoms with Gasteiger partial charge in [-0.2, -0.15) is 0 Å². The van der Waals surface area contributed by atoms with Crippen molar-refractivity contribution in [2.75, 3.05) is 0 Å². The summed E-state index contributed by atoms with van der Waals surface area (Å²) < 4.78 is 0. The van der Waals surface area contributed by atoms with E-state index in [-0.39, 0.29) is 17.4 Å². The van der Waals surface area contributed by atoms with E-state index >= 15 is 0 Å². The van der Waals surface area contributed by atoms with Crippen molar-refractivity contribution < 1.29 is 20.1 Å². The molecule has 1 atom stereocenters. The van der Waals surface area contributed by atoms with Gasteiger partial charge in [0.2, 0.25) is 0 Å². The van der Waals surface area contributed by atoms with E-state index < -0.39 is 5.97 Å². The highest BCUT2D eigenvalue weighted by atomic mass is 16.4. The van der Waals surface area contributed by atoms with Gasteiger partial charge in [-0.1, -0.05) is 69.7 Å². The molecule has 3 N–H and O–H groups in total. The van der Waals surface area contributed by atoms with E-state index in [1.807, 2.05) is 6.08 Å². The monoisotopic (exact) mass is 362 g/mol. The Morgan fingerprint density at radius 3 is 2.54 bits per heavy atom. The van der Waals surface area contributed by atoms with Crippen molar-refractivity contribution in [3.63, 3.8) is 0 Å². The first-order chi connectivity index (χ1) is 12.6. The normalized spacial score (nSPS) is 12.5. The molecular formula is C22H34O4. The van der Waals surface area contributed by atoms with E-state index in [1.165, 1.54) is 31.7 Å². The van der Waals surface area contributed by atoms with Crippen LogP contribution in [-0.2, 0) is 6.42 Å². The number of carboxylic acids is 1. The molecule has 0 aliphatic carbocycles. The molecule has 1 unspecified atom stereocenters. The van der Waals surface area contributed by atoms with Crippen molar-refractivity contribution in [2.45, 2.75) is 83.7 Å². The van der Waals surface area contributed by atoms with Gasteiger partial charge >= 0.3 is 5.97 Å². The third-order valence-corrected chi connectivity index (χ3v) is 4.62. The van der Waals surface area contributed by atoms with E-state index in [1.54, 1.807) is 12.1 Å². The second-order valence-electron chi connectivity index (χ2n) is 6.91. The van der Waals surface area contributed by atoms with E-state index in [4.69, 9.17) is 0 Å². The van der Waals surface area contributed by atoms with Gasteiger partial charge in [0.05, 0.1) is 6.10 Å². The number of phenols is 1. The first-order valence-electron chi connectivity index (χ1n) is 9.95. The van der Waals surface area contributed by atoms with E-state index in [0.29, 0.717) is 12.0 Å². The van der Waals surface area contributed by atoms with Gasteiger partial charge in [0.15, 0.2) is 0 Å². The van der Waals surface area contributed by atoms with Crippen LogP contribution in [0.2, 0.25) is 0 Å². The van der Waals surface area contributed by atoms with Crippen molar-refractivity contribution in [1.82, 2.24) is 0 Å². The van der Waals surface area contributed by atoms with Crippen LogP contribution in [0.4, 0.5) is 0 Å². The number of carboxylic acid groups (broad SMARTS) is 1. The summed E-state index contributed by atoms with van der Waals surface area (Å²) in [4.78, 5) is 11.2. The lowest BCUT2D eigenvalue weighted by atomic mass is 9.99. The van der Waals surface area contributed by atoms with Crippen LogP contribution in [0, 0.1) is 0 Å². The number of aromatic hydroxyl groups is 1. The molecule has 4 heteroatoms. The minimum atomic E-state index is -1.08. The number of aromatic carboxylic acids is 1. The van der Waals surface area contributed by atoms with Crippen molar-refractivity contribution >= 4 is 5.97 Å². The van der Waals surface area contributed by atoms with Crippen LogP contribution < -0.4 is 0 Å². The molecule has 0 saturated heterocycles. The first kappa shape index (κ1) is 22.2. The Bertz CT molecular complexity index is 551. The molecule has 0 aliphatic rings. The lowest BCUT2D eigenvalue weighted by Gasteiger charge is -2.08. The Kier molecular flexibility index (Phi) is 11.5. The zero-order chi connectivity index (χ0) is 19.2. The van der Waals surface area contributed by atoms with Crippen molar-refractivity contribution in [3.05, 3.63) is 41.5 Å². The summed E-state index contributed by atoms with van der Waals surface area (Å²) in [6.07, 6.45) is 15.0. The number of rotatable bonds is 14. The molecule has 0 saturated carbocycles. The van der Waals surface area contributed by atoms with Gasteiger partial charge in [0.25, 0.3) is 0 Å². The number of hydrogen-bond donors (Lipinski definition) is 3. The average Bonchev–Trinajstić information content (AvgIpc) is 2.60. The molecule has 4 nitrogen and oxygen atoms in total. The molecular weight excluding hydrogens is 328 g/mol. The summed E-state index contributed by atoms with van der Waals surface area (Å²) in [7, 11) is 0. The molecule has 0 bridgehead atoms. The van der Waals surface area contributed by atoms with Gasteiger partial charge in [-0.15, -0.1) is 0 Å². The Balaban J connectivity index is 2.15. The highest BCUT2D eigenvalue weighted by molar-refractivity contribution is 5.92. The Morgan fingerprint density at radius 2 is 1.81 bits per heavy atom. The Hall–Kier alpha value is -1.81. The third-order valence-electron chi connectivity index (χ3n) is 4.62. The minimum absolute atomic E-state index is 0.0204. The predicted octanol–water partition coefficient (Wildman–Crippen LogP) is 5.47. The highest BCUT2D eigenvalue weighted by Crippen LogP contribution is 2.23. The number of aliphatic hydroxyl groups excluding tert-OH is 1. The fraction of sp³-hybridized carbons (Fsp3) is 0.591. The largest absolute Gasteiger partial charge is 0.507 e. The molecule has 1 aromatic rings. The quantitative estimate of drug-likeness (QED) is 0.303. The summed E-state index contributed by atoms with van der Waals surface area (Å²) in [5, 5.41) is 28.8. The molecule has 0 aliphatic heterocycles. The van der Waals surface area contributed by atoms with Crippen LogP contribution >= 0.6 is 0 Å². The van der Waals surface area contributed by atoms with Crippen molar-refractivity contribution in [1.29, 1.82) is 0 Å². The fourth-order valence-corrected chi connectivity index (χ4v) is 3.10. The van der Waals surface area contributed by atoms with Crippen LogP contribution in [0.1, 0.15) is 87.1 Å². The van der Waals surface area contributed by atoms with E-state index in [0.717, 1.165) is 38.5 Å². The molecule has 0 heterocycles. The second-order valence-corrected chi connectivity index (χ2v) is 6.91. The van der Waals surface area contributed by atoms with Crippen LogP contribution in [0.15, 0.2) is 30.4 Å². The maximum atomic E-state index is 11.2. The second kappa shape index (κ2) is 13.4. The van der Waals surface area contributed by atoms with Crippen LogP contribution in [0.5, 0.6) is 5.75 Å². The van der Waals surface area contributed by atoms with E-state index in [2.05, 4.69) is 13.0 Å². The molecule has 26 heavy (non-hydrogen) atoms. The first-order valence-corrected chi connectivity index (χ1v) is 9.95. The lowest BCUT2D eigenvalue weighted by molar-refractivity contribution is 0.0692. The Morgan fingerprint density at radius 1 is 1.08 bits per heavy atom. The third kappa shape index (κ3) is 9.04. The number of aryl methyl sites for hydroxylation is 1. The summed E-state index contributed by atoms with van der Waals surface area (Å²) in [6.45, 7) is 2.20. The molecule has 0 amide bonds. The molecule has 146 valence electrons. The van der Waals surface area contributed by atoms with Crippen LogP contribution in [0.25, 0.3) is 0 Å². The molecule has 0 radical (unpaired) electrons. The van der Waals surface area contributed by atoms with Gasteiger partial charge in [-0.25, -0.2) is 4.79 Å². The minimum Gasteiger partial charge on any atom is -0.507 e. The molecule has 1 aromatic carbocycles. The molecule has 0 aromatic heterocycles. The zero-order valence-corrected chi connectivity index (χ0v) is 16.0. The van der Waals surface area contributed by atoms with Gasteiger partial charge in [-0.3, -0.25) is 0 Å². The SMILES string of the molecule is CCCCCC/C=C/C(O)CCCCCCc1cccc(O)c1C(=O)O. The molecule has 1 rings (SSSR count). The number of benzene rings is 1. The van der Waals surface area contributed by atoms with Gasteiger partial charge in [0, 0.05) is 0 Å². The Labute approximate surface area is 157 Å². The summed E-state index contributed by atoms with van der Waals surface area (Å²) in [5.74, 6) is -1.25. The lowest BCUT2D eigenvalue weighted by Crippen LogP contribution is -2.03. The highest BCUT2D eigenvalue weighted by Gasteiger charge is 2.14. The summed E-state index contributed by atoms with van der Waals surface area (Å²) in [5.41, 5.74) is 0.704. The zero-order valence-electron chi connectivity index (χ0n) is 16.0. The summed E-state index contributed by atoms with van der Waals surface area (Å²) in [6, 6.07) is 4.85. The molecule has 0 spiro atoms. The average molecular weight is 363 g/mol. The fourth-order valence-electron chi connectivity index (χ4n) is 3.10. The van der Waals surface area contributed by atoms with Gasteiger partial charge in [-0.05, 0) is 43.7 Å². The van der Waals surface area contributed by atoms with Crippen LogP contribution in [0.3, 0.4) is 0 Å². The number of unbranched alkanes of at least 4 members (excludes halogenated alkanes) is 7. The number of allylic oxidation sites excluding steroid dienone is 1. The topological polar surface area (TPSA) is 77.8 Å². The smallest absolute Gasteiger partial charge is 0.339 e. The van der Waals surface area contributed by atoms with Gasteiger partial charge < -0.3 is 15.3 Å². The maximum absolute atomic E-state index is 11.2.